The highest BCUT2D eigenvalue weighted by molar-refractivity contribution is 9.09. The molecule has 9 heteroatoms. The van der Waals surface area contributed by atoms with Crippen molar-refractivity contribution in [3.63, 3.8) is 0 Å². The van der Waals surface area contributed by atoms with Crippen molar-refractivity contribution in [1.29, 1.82) is 0 Å². The number of nitrogens with zero attached hydrogens (tertiary/aromatic N) is 1. The standard InChI is InChI=1S/C26H36BrN3O4S/c1-4-11-28-23(32)18-19-25(34)30(12-6-5-7-13-31)22(26(19)14-17(27)21(18)35-26)24(33)29-20-15(2)9-8-10-16(20)3/h8-10,17-19,21-22,31H,4-7,11-14H2,1-3H3,(H,28,32)(H,29,33)/t17?,18-,19+,21-,22?,26?/m1/s1. The van der Waals surface area contributed by atoms with Gasteiger partial charge in [0.15, 0.2) is 0 Å². The molecule has 0 aromatic heterocycles. The average Bonchev–Trinajstić information content (AvgIpc) is 3.41. The summed E-state index contributed by atoms with van der Waals surface area (Å²) in [7, 11) is 0. The van der Waals surface area contributed by atoms with E-state index in [1.807, 2.05) is 39.0 Å². The fourth-order valence-corrected chi connectivity index (χ4v) is 9.72. The molecule has 3 unspecified atom stereocenters. The molecule has 3 saturated heterocycles. The van der Waals surface area contributed by atoms with E-state index in [0.717, 1.165) is 29.7 Å². The first-order valence-electron chi connectivity index (χ1n) is 12.6. The Hall–Kier alpha value is -1.58. The molecular formula is C26H36BrN3O4S. The molecule has 3 aliphatic rings. The number of carbonyl (C=O) groups is 3. The maximum atomic E-state index is 14.0. The minimum Gasteiger partial charge on any atom is -0.396 e. The number of hydrogen-bond donors (Lipinski definition) is 3. The largest absolute Gasteiger partial charge is 0.396 e. The number of benzene rings is 1. The number of unbranched alkanes of at least 4 members (excludes halogenated alkanes) is 2. The van der Waals surface area contributed by atoms with Crippen molar-refractivity contribution >= 4 is 51.1 Å². The van der Waals surface area contributed by atoms with Gasteiger partial charge in [0.2, 0.25) is 17.7 Å². The first-order valence-corrected chi connectivity index (χ1v) is 14.4. The smallest absolute Gasteiger partial charge is 0.248 e. The highest BCUT2D eigenvalue weighted by atomic mass is 79.9. The second-order valence-corrected chi connectivity index (χ2v) is 12.7. The summed E-state index contributed by atoms with van der Waals surface area (Å²) in [5.74, 6) is -1.29. The van der Waals surface area contributed by atoms with Gasteiger partial charge in [-0.15, -0.1) is 11.8 Å². The summed E-state index contributed by atoms with van der Waals surface area (Å²) in [6, 6.07) is 5.25. The Morgan fingerprint density at radius 2 is 1.91 bits per heavy atom. The van der Waals surface area contributed by atoms with Crippen LogP contribution in [-0.2, 0) is 14.4 Å². The molecule has 3 N–H and O–H groups in total. The van der Waals surface area contributed by atoms with Crippen molar-refractivity contribution < 1.29 is 19.5 Å². The van der Waals surface area contributed by atoms with Crippen LogP contribution in [0, 0.1) is 25.7 Å². The molecule has 192 valence electrons. The van der Waals surface area contributed by atoms with Gasteiger partial charge in [-0.2, -0.15) is 0 Å². The molecule has 1 spiro atoms. The number of likely N-dealkylation sites (tertiary alicyclic amines) is 1. The zero-order valence-electron chi connectivity index (χ0n) is 20.7. The summed E-state index contributed by atoms with van der Waals surface area (Å²) in [6.07, 6.45) is 3.66. The number of anilines is 1. The number of aliphatic hydroxyl groups is 1. The summed E-state index contributed by atoms with van der Waals surface area (Å²) in [5.41, 5.74) is 2.74. The highest BCUT2D eigenvalue weighted by Crippen LogP contribution is 2.67. The fourth-order valence-electron chi connectivity index (χ4n) is 6.11. The summed E-state index contributed by atoms with van der Waals surface area (Å²) in [5, 5.41) is 15.3. The Morgan fingerprint density at radius 1 is 1.20 bits per heavy atom. The van der Waals surface area contributed by atoms with Crippen molar-refractivity contribution in [1.82, 2.24) is 10.2 Å². The number of carbonyl (C=O) groups excluding carboxylic acids is 3. The lowest BCUT2D eigenvalue weighted by Gasteiger charge is -2.35. The number of thioether (sulfide) groups is 1. The zero-order valence-corrected chi connectivity index (χ0v) is 23.1. The Labute approximate surface area is 220 Å². The first-order chi connectivity index (χ1) is 16.8. The fraction of sp³-hybridized carbons (Fsp3) is 0.654. The number of aliphatic hydroxyl groups excluding tert-OH is 1. The first kappa shape index (κ1) is 26.5. The van der Waals surface area contributed by atoms with Gasteiger partial charge in [0.25, 0.3) is 0 Å². The third-order valence-corrected chi connectivity index (χ3v) is 10.9. The lowest BCUT2D eigenvalue weighted by molar-refractivity contribution is -0.139. The van der Waals surface area contributed by atoms with E-state index in [4.69, 9.17) is 0 Å². The Balaban J connectivity index is 1.68. The van der Waals surface area contributed by atoms with E-state index in [1.54, 1.807) is 16.7 Å². The normalized spacial score (nSPS) is 31.1. The predicted molar refractivity (Wildman–Crippen MR) is 143 cm³/mol. The summed E-state index contributed by atoms with van der Waals surface area (Å²) >= 11 is 5.46. The van der Waals surface area contributed by atoms with Crippen molar-refractivity contribution in [3.8, 4) is 0 Å². The van der Waals surface area contributed by atoms with Gasteiger partial charge in [0, 0.05) is 35.5 Å². The third kappa shape index (κ3) is 4.64. The molecule has 0 radical (unpaired) electrons. The van der Waals surface area contributed by atoms with Crippen LogP contribution < -0.4 is 10.6 Å². The van der Waals surface area contributed by atoms with Crippen LogP contribution in [0.1, 0.15) is 50.2 Å². The summed E-state index contributed by atoms with van der Waals surface area (Å²) in [4.78, 5) is 42.9. The van der Waals surface area contributed by atoms with Gasteiger partial charge in [-0.3, -0.25) is 14.4 Å². The van der Waals surface area contributed by atoms with Crippen molar-refractivity contribution in [3.05, 3.63) is 29.3 Å². The molecule has 35 heavy (non-hydrogen) atoms. The molecule has 3 heterocycles. The van der Waals surface area contributed by atoms with Crippen LogP contribution in [0.2, 0.25) is 0 Å². The minimum atomic E-state index is -0.646. The number of fused-ring (bicyclic) bond motifs is 1. The van der Waals surface area contributed by atoms with E-state index >= 15 is 0 Å². The van der Waals surface area contributed by atoms with Gasteiger partial charge in [-0.1, -0.05) is 41.1 Å². The van der Waals surface area contributed by atoms with Crippen molar-refractivity contribution in [2.75, 3.05) is 25.0 Å². The SMILES string of the molecule is CCCNC(=O)[C@H]1[C@@H]2SC3(CC2Br)C(C(=O)Nc2c(C)cccc2C)N(CCCCCO)C(=O)[C@H]13. The number of para-hydroxylation sites is 1. The van der Waals surface area contributed by atoms with Gasteiger partial charge >= 0.3 is 0 Å². The zero-order chi connectivity index (χ0) is 25.3. The van der Waals surface area contributed by atoms with Crippen LogP contribution in [-0.4, -0.2) is 68.3 Å². The van der Waals surface area contributed by atoms with Crippen molar-refractivity contribution in [2.24, 2.45) is 11.8 Å². The predicted octanol–water partition coefficient (Wildman–Crippen LogP) is 3.40. The highest BCUT2D eigenvalue weighted by Gasteiger charge is 2.75. The number of alkyl halides is 1. The Morgan fingerprint density at radius 3 is 2.57 bits per heavy atom. The van der Waals surface area contributed by atoms with Crippen LogP contribution in [0.4, 0.5) is 5.69 Å². The second kappa shape index (κ2) is 10.8. The van der Waals surface area contributed by atoms with Gasteiger partial charge in [-0.25, -0.2) is 0 Å². The van der Waals surface area contributed by atoms with Crippen LogP contribution in [0.5, 0.6) is 0 Å². The molecule has 0 saturated carbocycles. The Kier molecular flexibility index (Phi) is 8.18. The van der Waals surface area contributed by atoms with E-state index in [9.17, 15) is 19.5 Å². The third-order valence-electron chi connectivity index (χ3n) is 7.68. The maximum absolute atomic E-state index is 14.0. The molecule has 2 bridgehead atoms. The lowest BCUT2D eigenvalue weighted by atomic mass is 9.70. The van der Waals surface area contributed by atoms with Gasteiger partial charge < -0.3 is 20.6 Å². The second-order valence-electron chi connectivity index (χ2n) is 10.0. The number of aryl methyl sites for hydroxylation is 2. The number of rotatable bonds is 10. The van der Waals surface area contributed by atoms with Crippen LogP contribution >= 0.6 is 27.7 Å². The van der Waals surface area contributed by atoms with Gasteiger partial charge in [0.1, 0.15) is 6.04 Å². The van der Waals surface area contributed by atoms with E-state index in [-0.39, 0.29) is 34.4 Å². The van der Waals surface area contributed by atoms with Crippen LogP contribution in [0.25, 0.3) is 0 Å². The number of hydrogen-bond acceptors (Lipinski definition) is 5. The van der Waals surface area contributed by atoms with E-state index < -0.39 is 22.6 Å². The molecule has 1 aromatic rings. The molecule has 0 aliphatic carbocycles. The number of halogens is 1. The molecular weight excluding hydrogens is 530 g/mol. The summed E-state index contributed by atoms with van der Waals surface area (Å²) < 4.78 is -0.637. The summed E-state index contributed by atoms with van der Waals surface area (Å²) in [6.45, 7) is 7.08. The maximum Gasteiger partial charge on any atom is 0.248 e. The van der Waals surface area contributed by atoms with E-state index in [2.05, 4.69) is 26.6 Å². The average molecular weight is 567 g/mol. The monoisotopic (exact) mass is 565 g/mol. The quantitative estimate of drug-likeness (QED) is 0.298. The molecule has 3 amide bonds. The van der Waals surface area contributed by atoms with E-state index in [1.165, 1.54) is 0 Å². The Bertz CT molecular complexity index is 971. The number of nitrogens with one attached hydrogen (secondary N) is 2. The molecule has 7 nitrogen and oxygen atoms in total. The molecule has 1 aromatic carbocycles. The van der Waals surface area contributed by atoms with E-state index in [0.29, 0.717) is 32.4 Å². The molecule has 6 atom stereocenters. The molecule has 3 fully saturated rings. The van der Waals surface area contributed by atoms with Gasteiger partial charge in [0.05, 0.1) is 16.6 Å². The lowest BCUT2D eigenvalue weighted by Crippen LogP contribution is -2.53. The molecule has 3 aliphatic heterocycles. The topological polar surface area (TPSA) is 98.7 Å². The van der Waals surface area contributed by atoms with Crippen molar-refractivity contribution in [2.45, 2.75) is 73.7 Å². The molecule has 4 rings (SSSR count). The van der Waals surface area contributed by atoms with Gasteiger partial charge in [-0.05, 0) is 57.1 Å². The number of amides is 3. The van der Waals surface area contributed by atoms with Crippen LogP contribution in [0.3, 0.4) is 0 Å². The van der Waals surface area contributed by atoms with Crippen LogP contribution in [0.15, 0.2) is 18.2 Å². The minimum absolute atomic E-state index is 0.0344.